The topological polar surface area (TPSA) is 97.1 Å². The van der Waals surface area contributed by atoms with Crippen LogP contribution in [0.3, 0.4) is 0 Å². The van der Waals surface area contributed by atoms with Crippen LogP contribution < -0.4 is 16.4 Å². The maximum atomic E-state index is 11.4. The van der Waals surface area contributed by atoms with Gasteiger partial charge in [-0.05, 0) is 25.0 Å². The van der Waals surface area contributed by atoms with Gasteiger partial charge in [0.1, 0.15) is 5.82 Å². The van der Waals surface area contributed by atoms with Crippen molar-refractivity contribution < 1.29 is 9.59 Å². The first kappa shape index (κ1) is 12.3. The van der Waals surface area contributed by atoms with Crippen molar-refractivity contribution in [2.24, 2.45) is 5.73 Å². The van der Waals surface area contributed by atoms with E-state index in [0.717, 1.165) is 12.8 Å². The molecule has 1 aliphatic rings. The van der Waals surface area contributed by atoms with E-state index in [1.807, 2.05) is 0 Å². The second-order valence-electron chi connectivity index (χ2n) is 4.28. The fourth-order valence-electron chi connectivity index (χ4n) is 1.57. The van der Waals surface area contributed by atoms with Crippen molar-refractivity contribution >= 4 is 17.6 Å². The molecule has 0 atom stereocenters. The summed E-state index contributed by atoms with van der Waals surface area (Å²) in [5, 5.41) is 5.83. The third-order valence-corrected chi connectivity index (χ3v) is 2.66. The molecule has 2 rings (SSSR count). The molecule has 1 aliphatic carbocycles. The molecule has 18 heavy (non-hydrogen) atoms. The number of nitrogens with two attached hydrogens (primary N) is 1. The van der Waals surface area contributed by atoms with E-state index in [1.54, 1.807) is 18.3 Å². The van der Waals surface area contributed by atoms with E-state index in [0.29, 0.717) is 30.4 Å². The van der Waals surface area contributed by atoms with Gasteiger partial charge < -0.3 is 16.4 Å². The molecule has 0 spiro atoms. The van der Waals surface area contributed by atoms with Crippen molar-refractivity contribution in [1.82, 2.24) is 10.3 Å². The summed E-state index contributed by atoms with van der Waals surface area (Å²) >= 11 is 0. The van der Waals surface area contributed by atoms with E-state index in [4.69, 9.17) is 5.73 Å². The molecule has 0 aliphatic heterocycles. The molecule has 0 bridgehead atoms. The molecule has 1 fully saturated rings. The van der Waals surface area contributed by atoms with Crippen molar-refractivity contribution in [3.63, 3.8) is 0 Å². The maximum absolute atomic E-state index is 11.4. The molecule has 4 N–H and O–H groups in total. The van der Waals surface area contributed by atoms with E-state index in [9.17, 15) is 9.59 Å². The van der Waals surface area contributed by atoms with Gasteiger partial charge in [-0.3, -0.25) is 9.59 Å². The quantitative estimate of drug-likeness (QED) is 0.672. The van der Waals surface area contributed by atoms with Gasteiger partial charge in [0.15, 0.2) is 0 Å². The second kappa shape index (κ2) is 5.48. The number of amides is 2. The van der Waals surface area contributed by atoms with Crippen LogP contribution in [0.15, 0.2) is 18.3 Å². The highest BCUT2D eigenvalue weighted by molar-refractivity contribution is 5.97. The first-order valence-corrected chi connectivity index (χ1v) is 5.95. The summed E-state index contributed by atoms with van der Waals surface area (Å²) in [6.45, 7) is 0.426. The molecule has 2 amide bonds. The Balaban J connectivity index is 1.82. The number of pyridine rings is 1. The summed E-state index contributed by atoms with van der Waals surface area (Å²) in [6, 6.07) is 3.61. The van der Waals surface area contributed by atoms with Crippen LogP contribution in [0.5, 0.6) is 0 Å². The Bertz CT molecular complexity index is 457. The van der Waals surface area contributed by atoms with Crippen molar-refractivity contribution in [2.75, 3.05) is 11.9 Å². The highest BCUT2D eigenvalue weighted by Gasteiger charge is 2.22. The molecule has 0 unspecified atom stereocenters. The Kier molecular flexibility index (Phi) is 3.76. The molecular weight excluding hydrogens is 232 g/mol. The number of hydrogen-bond acceptors (Lipinski definition) is 4. The molecular formula is C12H16N4O2. The minimum atomic E-state index is -0.534. The molecule has 1 saturated carbocycles. The molecule has 6 nitrogen and oxygen atoms in total. The third-order valence-electron chi connectivity index (χ3n) is 2.66. The van der Waals surface area contributed by atoms with Gasteiger partial charge in [0.05, 0.1) is 5.56 Å². The Morgan fingerprint density at radius 3 is 2.89 bits per heavy atom. The predicted octanol–water partition coefficient (Wildman–Crippen LogP) is 0.261. The van der Waals surface area contributed by atoms with E-state index in [1.165, 1.54) is 0 Å². The average molecular weight is 248 g/mol. The molecule has 1 heterocycles. The van der Waals surface area contributed by atoms with Crippen LogP contribution in [0.2, 0.25) is 0 Å². The zero-order chi connectivity index (χ0) is 13.0. The lowest BCUT2D eigenvalue weighted by Crippen LogP contribution is -2.27. The van der Waals surface area contributed by atoms with E-state index in [-0.39, 0.29) is 5.91 Å². The number of nitrogens with one attached hydrogen (secondary N) is 2. The van der Waals surface area contributed by atoms with Crippen LogP contribution in [0.1, 0.15) is 29.6 Å². The summed E-state index contributed by atoms with van der Waals surface area (Å²) in [5.41, 5.74) is 5.56. The summed E-state index contributed by atoms with van der Waals surface area (Å²) in [4.78, 5) is 26.6. The Morgan fingerprint density at radius 1 is 1.44 bits per heavy atom. The van der Waals surface area contributed by atoms with Gasteiger partial charge in [-0.15, -0.1) is 0 Å². The van der Waals surface area contributed by atoms with Gasteiger partial charge in [0.2, 0.25) is 5.91 Å². The first-order valence-electron chi connectivity index (χ1n) is 5.95. The lowest BCUT2D eigenvalue weighted by atomic mass is 10.2. The van der Waals surface area contributed by atoms with E-state index in [2.05, 4.69) is 15.6 Å². The summed E-state index contributed by atoms with van der Waals surface area (Å²) in [5.74, 6) is -0.0983. The standard InChI is InChI=1S/C12H16N4O2/c13-11(18)9-2-1-6-14-12(9)15-7-5-10(17)16-8-3-4-8/h1-2,6,8H,3-5,7H2,(H2,13,18)(H,14,15)(H,16,17). The maximum Gasteiger partial charge on any atom is 0.252 e. The van der Waals surface area contributed by atoms with Crippen molar-refractivity contribution in [1.29, 1.82) is 0 Å². The number of carbonyl (C=O) groups is 2. The second-order valence-corrected chi connectivity index (χ2v) is 4.28. The van der Waals surface area contributed by atoms with Crippen LogP contribution in [0, 0.1) is 0 Å². The lowest BCUT2D eigenvalue weighted by molar-refractivity contribution is -0.120. The van der Waals surface area contributed by atoms with Gasteiger partial charge in [-0.2, -0.15) is 0 Å². The average Bonchev–Trinajstić information content (AvgIpc) is 3.13. The zero-order valence-corrected chi connectivity index (χ0v) is 9.98. The first-order chi connectivity index (χ1) is 8.66. The highest BCUT2D eigenvalue weighted by atomic mass is 16.2. The SMILES string of the molecule is NC(=O)c1cccnc1NCCC(=O)NC1CC1. The highest BCUT2D eigenvalue weighted by Crippen LogP contribution is 2.18. The normalized spacial score (nSPS) is 14.0. The van der Waals surface area contributed by atoms with Crippen molar-refractivity contribution in [2.45, 2.75) is 25.3 Å². The zero-order valence-electron chi connectivity index (χ0n) is 9.98. The fourth-order valence-corrected chi connectivity index (χ4v) is 1.57. The van der Waals surface area contributed by atoms with E-state index < -0.39 is 5.91 Å². The molecule has 6 heteroatoms. The largest absolute Gasteiger partial charge is 0.369 e. The molecule has 1 aromatic heterocycles. The van der Waals surface area contributed by atoms with Crippen LogP contribution in [-0.2, 0) is 4.79 Å². The van der Waals surface area contributed by atoms with Gasteiger partial charge in [0.25, 0.3) is 5.91 Å². The monoisotopic (exact) mass is 248 g/mol. The molecule has 0 radical (unpaired) electrons. The van der Waals surface area contributed by atoms with Crippen LogP contribution in [0.25, 0.3) is 0 Å². The Hall–Kier alpha value is -2.11. The van der Waals surface area contributed by atoms with Gasteiger partial charge in [0, 0.05) is 25.2 Å². The summed E-state index contributed by atoms with van der Waals surface area (Å²) in [7, 11) is 0. The summed E-state index contributed by atoms with van der Waals surface area (Å²) < 4.78 is 0. The van der Waals surface area contributed by atoms with E-state index >= 15 is 0 Å². The minimum Gasteiger partial charge on any atom is -0.369 e. The third kappa shape index (κ3) is 3.44. The Labute approximate surface area is 105 Å². The van der Waals surface area contributed by atoms with Crippen LogP contribution in [0.4, 0.5) is 5.82 Å². The van der Waals surface area contributed by atoms with Gasteiger partial charge in [-0.25, -0.2) is 4.98 Å². The number of hydrogen-bond donors (Lipinski definition) is 3. The smallest absolute Gasteiger partial charge is 0.252 e. The lowest BCUT2D eigenvalue weighted by Gasteiger charge is -2.08. The van der Waals surface area contributed by atoms with Crippen LogP contribution in [-0.4, -0.2) is 29.4 Å². The van der Waals surface area contributed by atoms with Crippen molar-refractivity contribution in [3.05, 3.63) is 23.9 Å². The number of anilines is 1. The summed E-state index contributed by atoms with van der Waals surface area (Å²) in [6.07, 6.45) is 4.07. The van der Waals surface area contributed by atoms with Crippen LogP contribution >= 0.6 is 0 Å². The Morgan fingerprint density at radius 2 is 2.22 bits per heavy atom. The molecule has 96 valence electrons. The minimum absolute atomic E-state index is 0.0153. The molecule has 0 aromatic carbocycles. The number of nitrogens with zero attached hydrogens (tertiary/aromatic N) is 1. The molecule has 0 saturated heterocycles. The number of primary amides is 1. The molecule has 1 aromatic rings. The van der Waals surface area contributed by atoms with Gasteiger partial charge >= 0.3 is 0 Å². The van der Waals surface area contributed by atoms with Crippen molar-refractivity contribution in [3.8, 4) is 0 Å². The van der Waals surface area contributed by atoms with Gasteiger partial charge in [-0.1, -0.05) is 0 Å². The predicted molar refractivity (Wildman–Crippen MR) is 67.0 cm³/mol. The number of carbonyl (C=O) groups excluding carboxylic acids is 2. The number of aromatic nitrogens is 1. The number of rotatable bonds is 6. The fraction of sp³-hybridized carbons (Fsp3) is 0.417.